The van der Waals surface area contributed by atoms with Gasteiger partial charge in [-0.3, -0.25) is 0 Å². The molecule has 0 heterocycles. The Morgan fingerprint density at radius 3 is 0.673 bits per heavy atom. The van der Waals surface area contributed by atoms with E-state index in [1.54, 1.807) is 0 Å². The van der Waals surface area contributed by atoms with Crippen LogP contribution in [-0.2, 0) is 10.8 Å². The fraction of sp³-hybridized carbons (Fsp3) is 0.0192. The van der Waals surface area contributed by atoms with E-state index >= 15 is 0 Å². The average Bonchev–Trinajstić information content (AvgIpc) is 0.729. The predicted octanol–water partition coefficient (Wildman–Crippen LogP) is 27.4. The first-order valence-corrected chi connectivity index (χ1v) is 36.1. The fourth-order valence-electron chi connectivity index (χ4n) is 17.1. The highest BCUT2D eigenvalue weighted by molar-refractivity contribution is 6.23. The molecular weight excluding hydrogens is 1250 g/mol. The maximum Gasteiger partial charge on any atom is 0.0701 e. The van der Waals surface area contributed by atoms with Gasteiger partial charge in [0.1, 0.15) is 0 Å². The van der Waals surface area contributed by atoms with Crippen molar-refractivity contribution in [3.8, 4) is 55.6 Å². The van der Waals surface area contributed by atoms with Crippen LogP contribution in [0.3, 0.4) is 0 Å². The number of hydrogen-bond donors (Lipinski definition) is 0. The molecule has 0 saturated carbocycles. The molecule has 104 heavy (non-hydrogen) atoms. The van der Waals surface area contributed by atoms with Crippen molar-refractivity contribution in [2.24, 2.45) is 0 Å². The van der Waals surface area contributed by atoms with Gasteiger partial charge < -0.3 is 0 Å². The zero-order chi connectivity index (χ0) is 69.2. The van der Waals surface area contributed by atoms with E-state index in [0.29, 0.717) is 0 Å². The van der Waals surface area contributed by atoms with Gasteiger partial charge in [0, 0.05) is 0 Å². The van der Waals surface area contributed by atoms with Gasteiger partial charge in [0.25, 0.3) is 0 Å². The van der Waals surface area contributed by atoms with Gasteiger partial charge in [0.05, 0.1) is 10.8 Å². The monoisotopic (exact) mass is 1320 g/mol. The minimum atomic E-state index is -0.512. The molecule has 0 aromatic heterocycles. The molecule has 0 saturated heterocycles. The SMILES string of the molecule is c1ccc(-c2c3ccccc3c(-c3cccc(-c4cc5ccccc5c5ccccc45)c3)c3ccccc23)cc1.c1ccc(C(c2ccccc2)(c2ccccc2)c2ccc(-c3c4ccccc4c(-c4ccc(C(c5ccccc5)(c5ccccc5)c5ccccc5)cc4)c4ccccc34)cc2)cc1. The van der Waals surface area contributed by atoms with Crippen LogP contribution in [-0.4, -0.2) is 0 Å². The van der Waals surface area contributed by atoms with Gasteiger partial charge >= 0.3 is 0 Å². The standard InChI is InChI=1S/C64H46.C40H26/c1-7-23-49(24-8-1)63(50-25-9-2-10-26-50,51-27-11-3-12-28-51)55-43-39-47(40-44-55)61-57-35-19-21-37-59(57)62(60-38-22-20-36-58(60)61)48-41-45-56(46-42-48)64(52-29-13-4-14-30-52,53-31-15-5-16-32-53)54-33-17-6-18-34-54;1-2-13-27(14-3-1)39-34-21-8-10-23-36(34)40(37-24-11-9-22-35(37)39)30-17-12-16-28(25-30)38-26-29-15-4-5-18-31(29)32-19-6-7-20-33(32)38/h1-46H;1-26H. The lowest BCUT2D eigenvalue weighted by Crippen LogP contribution is -2.30. The van der Waals surface area contributed by atoms with Gasteiger partial charge in [-0.05, 0) is 177 Å². The van der Waals surface area contributed by atoms with Crippen LogP contribution in [0.5, 0.6) is 0 Å². The van der Waals surface area contributed by atoms with E-state index in [9.17, 15) is 0 Å². The Morgan fingerprint density at radius 1 is 0.125 bits per heavy atom. The highest BCUT2D eigenvalue weighted by atomic mass is 14.4. The molecule has 0 spiro atoms. The zero-order valence-corrected chi connectivity index (χ0v) is 57.6. The van der Waals surface area contributed by atoms with E-state index < -0.39 is 10.8 Å². The van der Waals surface area contributed by atoms with Crippen LogP contribution in [0.4, 0.5) is 0 Å². The highest BCUT2D eigenvalue weighted by Gasteiger charge is 2.40. The lowest BCUT2D eigenvalue weighted by molar-refractivity contribution is 0.745. The highest BCUT2D eigenvalue weighted by Crippen LogP contribution is 2.51. The molecule has 0 amide bonds. The van der Waals surface area contributed by atoms with Crippen molar-refractivity contribution in [3.63, 3.8) is 0 Å². The van der Waals surface area contributed by atoms with E-state index in [1.807, 2.05) is 0 Å². The first-order chi connectivity index (χ1) is 51.6. The smallest absolute Gasteiger partial charge is 0.0622 e. The number of hydrogen-bond acceptors (Lipinski definition) is 0. The molecule has 0 atom stereocenters. The van der Waals surface area contributed by atoms with Crippen LogP contribution in [0.15, 0.2) is 437 Å². The second-order valence-corrected chi connectivity index (χ2v) is 27.2. The molecule has 0 nitrogen and oxygen atoms in total. The molecule has 19 aromatic rings. The van der Waals surface area contributed by atoms with Crippen molar-refractivity contribution >= 4 is 64.6 Å². The summed E-state index contributed by atoms with van der Waals surface area (Å²) in [5.74, 6) is 0. The summed E-state index contributed by atoms with van der Waals surface area (Å²) in [4.78, 5) is 0. The van der Waals surface area contributed by atoms with E-state index in [-0.39, 0.29) is 0 Å². The summed E-state index contributed by atoms with van der Waals surface area (Å²) in [6, 6.07) is 160. The predicted molar refractivity (Wildman–Crippen MR) is 442 cm³/mol. The zero-order valence-electron chi connectivity index (χ0n) is 57.6. The number of rotatable bonds is 13. The first kappa shape index (κ1) is 63.0. The second kappa shape index (κ2) is 27.4. The molecule has 0 heteroatoms. The molecular formula is C104H72. The van der Waals surface area contributed by atoms with Crippen LogP contribution in [0.2, 0.25) is 0 Å². The maximum absolute atomic E-state index is 2.38. The Hall–Kier alpha value is -13.3. The van der Waals surface area contributed by atoms with Crippen molar-refractivity contribution in [1.82, 2.24) is 0 Å². The van der Waals surface area contributed by atoms with Crippen LogP contribution < -0.4 is 0 Å². The first-order valence-electron chi connectivity index (χ1n) is 36.1. The van der Waals surface area contributed by atoms with Crippen LogP contribution in [0.25, 0.3) is 120 Å². The van der Waals surface area contributed by atoms with E-state index in [4.69, 9.17) is 0 Å². The Labute approximate surface area is 608 Å². The summed E-state index contributed by atoms with van der Waals surface area (Å²) >= 11 is 0. The Balaban J connectivity index is 0.000000165. The van der Waals surface area contributed by atoms with E-state index in [1.165, 1.54) is 165 Å². The van der Waals surface area contributed by atoms with Gasteiger partial charge in [-0.25, -0.2) is 0 Å². The third kappa shape index (κ3) is 10.9. The van der Waals surface area contributed by atoms with Crippen molar-refractivity contribution < 1.29 is 0 Å². The van der Waals surface area contributed by atoms with Crippen molar-refractivity contribution in [3.05, 3.63) is 481 Å². The van der Waals surface area contributed by atoms with Gasteiger partial charge in [-0.1, -0.05) is 425 Å². The molecule has 0 aliphatic heterocycles. The summed E-state index contributed by atoms with van der Waals surface area (Å²) < 4.78 is 0. The Kier molecular flexibility index (Phi) is 16.6. The van der Waals surface area contributed by atoms with Crippen molar-refractivity contribution in [2.45, 2.75) is 10.8 Å². The van der Waals surface area contributed by atoms with E-state index in [2.05, 4.69) is 437 Å². The molecule has 0 aliphatic rings. The van der Waals surface area contributed by atoms with Gasteiger partial charge in [-0.2, -0.15) is 0 Å². The quantitative estimate of drug-likeness (QED) is 0.0613. The van der Waals surface area contributed by atoms with E-state index in [0.717, 1.165) is 0 Å². The fourth-order valence-corrected chi connectivity index (χ4v) is 17.1. The molecule has 0 aliphatic carbocycles. The summed E-state index contributed by atoms with van der Waals surface area (Å²) in [5, 5.41) is 15.2. The third-order valence-corrected chi connectivity index (χ3v) is 21.6. The largest absolute Gasteiger partial charge is 0.0701 e. The molecule has 0 radical (unpaired) electrons. The molecule has 0 unspecified atom stereocenters. The molecule has 19 aromatic carbocycles. The van der Waals surface area contributed by atoms with Crippen LogP contribution >= 0.6 is 0 Å². The second-order valence-electron chi connectivity index (χ2n) is 27.2. The van der Waals surface area contributed by atoms with Gasteiger partial charge in [-0.15, -0.1) is 0 Å². The Morgan fingerprint density at radius 2 is 0.346 bits per heavy atom. The van der Waals surface area contributed by atoms with Crippen LogP contribution in [0.1, 0.15) is 44.5 Å². The van der Waals surface area contributed by atoms with Gasteiger partial charge in [0.15, 0.2) is 0 Å². The Bertz CT molecular complexity index is 5730. The third-order valence-electron chi connectivity index (χ3n) is 21.6. The molecule has 0 fully saturated rings. The summed E-state index contributed by atoms with van der Waals surface area (Å²) in [7, 11) is 0. The maximum atomic E-state index is 2.38. The topological polar surface area (TPSA) is 0 Å². The minimum absolute atomic E-state index is 0.512. The number of fused-ring (bicyclic) bond motifs is 7. The molecule has 0 N–H and O–H groups in total. The molecule has 488 valence electrons. The van der Waals surface area contributed by atoms with Gasteiger partial charge in [0.2, 0.25) is 0 Å². The van der Waals surface area contributed by atoms with Crippen molar-refractivity contribution in [1.29, 1.82) is 0 Å². The normalized spacial score (nSPS) is 11.7. The minimum Gasteiger partial charge on any atom is -0.0622 e. The lowest BCUT2D eigenvalue weighted by Gasteiger charge is -2.37. The average molecular weight is 1320 g/mol. The summed E-state index contributed by atoms with van der Waals surface area (Å²) in [6.45, 7) is 0. The van der Waals surface area contributed by atoms with Crippen molar-refractivity contribution in [2.75, 3.05) is 0 Å². The van der Waals surface area contributed by atoms with Crippen LogP contribution in [0, 0.1) is 0 Å². The summed E-state index contributed by atoms with van der Waals surface area (Å²) in [6.07, 6.45) is 0. The molecule has 0 bridgehead atoms. The lowest BCUT2D eigenvalue weighted by atomic mass is 9.65. The number of benzene rings is 19. The molecule has 19 rings (SSSR count). The summed E-state index contributed by atoms with van der Waals surface area (Å²) in [5.41, 5.74) is 21.3.